The van der Waals surface area contributed by atoms with Crippen molar-refractivity contribution in [3.8, 4) is 0 Å². The van der Waals surface area contributed by atoms with Crippen LogP contribution in [-0.2, 0) is 14.3 Å². The molecule has 6 nitrogen and oxygen atoms in total. The first-order valence-electron chi connectivity index (χ1n) is 32.1. The maximum Gasteiger partial charge on any atom is 0.305 e. The van der Waals surface area contributed by atoms with E-state index in [-0.39, 0.29) is 18.5 Å². The number of hydrogen-bond donors (Lipinski definition) is 3. The fourth-order valence-corrected chi connectivity index (χ4v) is 10.1. The van der Waals surface area contributed by atoms with E-state index >= 15 is 0 Å². The molecule has 0 rings (SSSR count). The van der Waals surface area contributed by atoms with Crippen molar-refractivity contribution in [1.29, 1.82) is 0 Å². The van der Waals surface area contributed by atoms with Gasteiger partial charge in [0.2, 0.25) is 5.91 Å². The highest BCUT2D eigenvalue weighted by Crippen LogP contribution is 2.18. The van der Waals surface area contributed by atoms with E-state index < -0.39 is 12.1 Å². The van der Waals surface area contributed by atoms with Gasteiger partial charge in [-0.05, 0) is 51.4 Å². The van der Waals surface area contributed by atoms with Crippen LogP contribution in [0.25, 0.3) is 0 Å². The van der Waals surface area contributed by atoms with Gasteiger partial charge in [-0.2, -0.15) is 0 Å². The zero-order valence-electron chi connectivity index (χ0n) is 48.0. The average molecular weight is 1000 g/mol. The molecule has 2 unspecified atom stereocenters. The Balaban J connectivity index is 3.30. The van der Waals surface area contributed by atoms with Crippen molar-refractivity contribution < 1.29 is 24.5 Å². The summed E-state index contributed by atoms with van der Waals surface area (Å²) in [5.41, 5.74) is 0. The molecule has 0 aliphatic carbocycles. The molecular weight excluding hydrogens is 875 g/mol. The Labute approximate surface area is 443 Å². The van der Waals surface area contributed by atoms with Gasteiger partial charge in [0.05, 0.1) is 25.4 Å². The number of unbranched alkanes of at least 4 members (excludes halogenated alkanes) is 45. The summed E-state index contributed by atoms with van der Waals surface area (Å²) in [7, 11) is 0. The Bertz CT molecular complexity index is 1110. The van der Waals surface area contributed by atoms with E-state index in [1.54, 1.807) is 0 Å². The molecular formula is C65H125NO5. The van der Waals surface area contributed by atoms with E-state index in [0.29, 0.717) is 25.9 Å². The molecule has 2 atom stereocenters. The SMILES string of the molecule is CCC/C=C\C/C=C\CCCCCCCC(=O)OCCCCCCCCCCCCCCCCCCCCCCCCCCCCCCCCCC(=O)NC(CO)C(O)CCCCCCCCCCCC. The van der Waals surface area contributed by atoms with E-state index in [0.717, 1.165) is 51.4 Å². The summed E-state index contributed by atoms with van der Waals surface area (Å²) in [6, 6.07) is -0.536. The minimum atomic E-state index is -0.659. The fourth-order valence-electron chi connectivity index (χ4n) is 10.1. The molecule has 0 radical (unpaired) electrons. The first-order valence-corrected chi connectivity index (χ1v) is 32.1. The first-order chi connectivity index (χ1) is 35.0. The van der Waals surface area contributed by atoms with Crippen molar-refractivity contribution in [1.82, 2.24) is 5.32 Å². The molecule has 0 heterocycles. The lowest BCUT2D eigenvalue weighted by Gasteiger charge is -2.22. The number of ether oxygens (including phenoxy) is 1. The van der Waals surface area contributed by atoms with E-state index in [2.05, 4.69) is 43.5 Å². The molecule has 1 amide bonds. The third-order valence-electron chi connectivity index (χ3n) is 15.0. The molecule has 420 valence electrons. The molecule has 0 aromatic heterocycles. The molecule has 0 fully saturated rings. The minimum Gasteiger partial charge on any atom is -0.466 e. The zero-order chi connectivity index (χ0) is 51.4. The van der Waals surface area contributed by atoms with Crippen molar-refractivity contribution in [3.63, 3.8) is 0 Å². The molecule has 0 aliphatic rings. The van der Waals surface area contributed by atoms with Gasteiger partial charge in [0.15, 0.2) is 0 Å². The van der Waals surface area contributed by atoms with Gasteiger partial charge >= 0.3 is 5.97 Å². The van der Waals surface area contributed by atoms with E-state index in [4.69, 9.17) is 4.74 Å². The second-order valence-electron chi connectivity index (χ2n) is 22.1. The predicted octanol–water partition coefficient (Wildman–Crippen LogP) is 20.2. The largest absolute Gasteiger partial charge is 0.466 e. The van der Waals surface area contributed by atoms with Gasteiger partial charge in [-0.3, -0.25) is 9.59 Å². The maximum atomic E-state index is 12.4. The van der Waals surface area contributed by atoms with Gasteiger partial charge in [0.25, 0.3) is 0 Å². The van der Waals surface area contributed by atoms with Gasteiger partial charge in [0, 0.05) is 12.8 Å². The van der Waals surface area contributed by atoms with Gasteiger partial charge in [-0.15, -0.1) is 0 Å². The summed E-state index contributed by atoms with van der Waals surface area (Å²) in [4.78, 5) is 24.5. The number of allylic oxidation sites excluding steroid dienone is 4. The van der Waals surface area contributed by atoms with Gasteiger partial charge in [0.1, 0.15) is 0 Å². The highest BCUT2D eigenvalue weighted by atomic mass is 16.5. The second kappa shape index (κ2) is 60.9. The van der Waals surface area contributed by atoms with E-state index in [9.17, 15) is 19.8 Å². The third-order valence-corrected chi connectivity index (χ3v) is 15.0. The molecule has 0 bridgehead atoms. The Morgan fingerprint density at radius 2 is 0.732 bits per heavy atom. The second-order valence-corrected chi connectivity index (χ2v) is 22.1. The summed E-state index contributed by atoms with van der Waals surface area (Å²) in [5.74, 6) is -0.0257. The number of rotatable bonds is 60. The number of aliphatic hydroxyl groups excluding tert-OH is 2. The number of hydrogen-bond acceptors (Lipinski definition) is 5. The number of amides is 1. The smallest absolute Gasteiger partial charge is 0.305 e. The quantitative estimate of drug-likeness (QED) is 0.0320. The lowest BCUT2D eigenvalue weighted by Crippen LogP contribution is -2.45. The zero-order valence-corrected chi connectivity index (χ0v) is 48.0. The van der Waals surface area contributed by atoms with Crippen molar-refractivity contribution in [2.24, 2.45) is 0 Å². The Morgan fingerprint density at radius 3 is 1.13 bits per heavy atom. The average Bonchev–Trinajstić information content (AvgIpc) is 3.37. The topological polar surface area (TPSA) is 95.9 Å². The van der Waals surface area contributed by atoms with Crippen LogP contribution in [0.15, 0.2) is 24.3 Å². The fraction of sp³-hybridized carbons (Fsp3) is 0.908. The highest BCUT2D eigenvalue weighted by molar-refractivity contribution is 5.76. The summed E-state index contributed by atoms with van der Waals surface area (Å²) in [5, 5.41) is 23.2. The van der Waals surface area contributed by atoms with Crippen molar-refractivity contribution in [2.75, 3.05) is 13.2 Å². The molecule has 0 saturated carbocycles. The summed E-state index contributed by atoms with van der Waals surface area (Å²) in [6.07, 6.45) is 75.1. The number of carbonyl (C=O) groups excluding carboxylic acids is 2. The van der Waals surface area contributed by atoms with E-state index in [1.165, 1.54) is 270 Å². The van der Waals surface area contributed by atoms with Gasteiger partial charge < -0.3 is 20.3 Å². The van der Waals surface area contributed by atoms with Crippen molar-refractivity contribution >= 4 is 11.9 Å². The number of nitrogens with one attached hydrogen (secondary N) is 1. The molecule has 6 heteroatoms. The Morgan fingerprint density at radius 1 is 0.394 bits per heavy atom. The molecule has 3 N–H and O–H groups in total. The number of carbonyl (C=O) groups is 2. The van der Waals surface area contributed by atoms with Crippen LogP contribution < -0.4 is 5.32 Å². The molecule has 0 aromatic rings. The monoisotopic (exact) mass is 1000 g/mol. The first kappa shape index (κ1) is 69.3. The maximum absolute atomic E-state index is 12.4. The Kier molecular flexibility index (Phi) is 59.5. The number of esters is 1. The minimum absolute atomic E-state index is 0.00539. The predicted molar refractivity (Wildman–Crippen MR) is 310 cm³/mol. The van der Waals surface area contributed by atoms with E-state index in [1.807, 2.05) is 0 Å². The summed E-state index contributed by atoms with van der Waals surface area (Å²) >= 11 is 0. The lowest BCUT2D eigenvalue weighted by atomic mass is 10.0. The molecule has 0 aliphatic heterocycles. The van der Waals surface area contributed by atoms with Crippen LogP contribution in [0.3, 0.4) is 0 Å². The molecule has 0 spiro atoms. The molecule has 71 heavy (non-hydrogen) atoms. The Hall–Kier alpha value is -1.66. The van der Waals surface area contributed by atoms with Crippen LogP contribution in [0.2, 0.25) is 0 Å². The van der Waals surface area contributed by atoms with Crippen LogP contribution in [0.1, 0.15) is 354 Å². The lowest BCUT2D eigenvalue weighted by molar-refractivity contribution is -0.143. The summed E-state index contributed by atoms with van der Waals surface area (Å²) in [6.45, 7) is 4.89. The normalized spacial score (nSPS) is 12.7. The standard InChI is InChI=1S/C65H125NO5/c1-3-5-7-9-11-13-15-35-39-43-47-51-55-59-65(70)71-60-56-52-48-44-40-37-34-32-30-28-26-24-22-20-18-16-17-19-21-23-25-27-29-31-33-36-38-42-46-50-54-58-64(69)66-62(61-67)63(68)57-53-49-45-41-14-12-10-8-6-4-2/h7,9,13,15,62-63,67-68H,3-6,8,10-12,14,16-61H2,1-2H3,(H,66,69)/b9-7-,15-13-. The van der Waals surface area contributed by atoms with Crippen LogP contribution in [0.5, 0.6) is 0 Å². The van der Waals surface area contributed by atoms with Crippen molar-refractivity contribution in [3.05, 3.63) is 24.3 Å². The van der Waals surface area contributed by atoms with Gasteiger partial charge in [-0.1, -0.05) is 314 Å². The summed E-state index contributed by atoms with van der Waals surface area (Å²) < 4.78 is 5.47. The van der Waals surface area contributed by atoms with Crippen LogP contribution in [0, 0.1) is 0 Å². The van der Waals surface area contributed by atoms with Crippen molar-refractivity contribution in [2.45, 2.75) is 366 Å². The van der Waals surface area contributed by atoms with Crippen LogP contribution >= 0.6 is 0 Å². The van der Waals surface area contributed by atoms with Gasteiger partial charge in [-0.25, -0.2) is 0 Å². The highest BCUT2D eigenvalue weighted by Gasteiger charge is 2.20. The number of aliphatic hydroxyl groups is 2. The van der Waals surface area contributed by atoms with Crippen LogP contribution in [-0.4, -0.2) is 47.4 Å². The third kappa shape index (κ3) is 57.5. The van der Waals surface area contributed by atoms with Crippen LogP contribution in [0.4, 0.5) is 0 Å². The molecule has 0 saturated heterocycles. The molecule has 0 aromatic carbocycles.